The molecule has 0 aliphatic rings. The number of nitrogens with one attached hydrogen (secondary N) is 7. The third-order valence-corrected chi connectivity index (χ3v) is 9.05. The minimum absolute atomic E-state index is 0.0215. The maximum Gasteiger partial charge on any atom is 0.326 e. The van der Waals surface area contributed by atoms with Crippen LogP contribution >= 0.6 is 11.8 Å². The van der Waals surface area contributed by atoms with E-state index in [-0.39, 0.29) is 44.1 Å². The lowest BCUT2D eigenvalue weighted by Gasteiger charge is -2.27. The number of fused-ring (bicyclic) bond motifs is 1. The van der Waals surface area contributed by atoms with E-state index in [9.17, 15) is 43.8 Å². The average Bonchev–Trinajstić information content (AvgIpc) is 3.52. The summed E-state index contributed by atoms with van der Waals surface area (Å²) >= 11 is 1.40. The van der Waals surface area contributed by atoms with Crippen LogP contribution in [0, 0.1) is 11.8 Å². The van der Waals surface area contributed by atoms with Crippen LogP contribution in [-0.4, -0.2) is 118 Å². The molecule has 0 fully saturated rings. The molecule has 2 rings (SSSR count). The second-order valence-electron chi connectivity index (χ2n) is 13.9. The van der Waals surface area contributed by atoms with Gasteiger partial charge in [-0.3, -0.25) is 28.8 Å². The first-order chi connectivity index (χ1) is 25.5. The van der Waals surface area contributed by atoms with Crippen molar-refractivity contribution in [1.29, 1.82) is 0 Å². The number of benzene rings is 1. The van der Waals surface area contributed by atoms with E-state index in [1.807, 2.05) is 52.0 Å². The van der Waals surface area contributed by atoms with Gasteiger partial charge in [-0.1, -0.05) is 45.9 Å². The second kappa shape index (κ2) is 22.5. The van der Waals surface area contributed by atoms with Gasteiger partial charge in [0.15, 0.2) is 0 Å². The molecule has 0 saturated carbocycles. The van der Waals surface area contributed by atoms with Gasteiger partial charge >= 0.3 is 5.97 Å². The predicted molar refractivity (Wildman–Crippen MR) is 205 cm³/mol. The molecule has 0 radical (unpaired) electrons. The maximum absolute atomic E-state index is 13.5. The fourth-order valence-corrected chi connectivity index (χ4v) is 6.04. The molecule has 0 unspecified atom stereocenters. The largest absolute Gasteiger partial charge is 0.480 e. The number of hydrogen-bond acceptors (Lipinski definition) is 10. The normalized spacial score (nSPS) is 14.6. The molecule has 1 heterocycles. The monoisotopic (exact) mass is 776 g/mol. The molecule has 2 aromatic rings. The fraction of sp³-hybridized carbons (Fsp3) is 0.583. The lowest BCUT2D eigenvalue weighted by Crippen LogP contribution is -2.60. The van der Waals surface area contributed by atoms with Crippen molar-refractivity contribution in [2.24, 2.45) is 17.6 Å². The Labute approximate surface area is 319 Å². The number of carboxylic acid groups (broad SMARTS) is 1. The summed E-state index contributed by atoms with van der Waals surface area (Å²) in [4.78, 5) is 93.6. The number of H-pyrrole nitrogens is 1. The molecule has 18 heteroatoms. The van der Waals surface area contributed by atoms with Crippen LogP contribution in [0.1, 0.15) is 59.4 Å². The van der Waals surface area contributed by atoms with Crippen LogP contribution in [0.3, 0.4) is 0 Å². The number of aliphatic carboxylic acids is 1. The number of nitrogens with two attached hydrogens (primary N) is 1. The Morgan fingerprint density at radius 3 is 1.85 bits per heavy atom. The van der Waals surface area contributed by atoms with Crippen molar-refractivity contribution in [3.8, 4) is 0 Å². The number of aliphatic hydroxyl groups is 1. The first-order valence-corrected chi connectivity index (χ1v) is 19.3. The molecule has 6 amide bonds. The highest BCUT2D eigenvalue weighted by atomic mass is 32.2. The van der Waals surface area contributed by atoms with Crippen LogP contribution in [0.5, 0.6) is 0 Å². The van der Waals surface area contributed by atoms with E-state index in [1.165, 1.54) is 18.7 Å². The van der Waals surface area contributed by atoms with Crippen LogP contribution in [0.2, 0.25) is 0 Å². The predicted octanol–water partition coefficient (Wildman–Crippen LogP) is -0.480. The van der Waals surface area contributed by atoms with Crippen LogP contribution in [0.25, 0.3) is 10.9 Å². The molecule has 1 aromatic carbocycles. The van der Waals surface area contributed by atoms with Gasteiger partial charge in [0, 0.05) is 23.5 Å². The summed E-state index contributed by atoms with van der Waals surface area (Å²) in [6, 6.07) is 0.103. The van der Waals surface area contributed by atoms with Crippen molar-refractivity contribution in [2.45, 2.75) is 96.6 Å². The zero-order chi connectivity index (χ0) is 40.5. The van der Waals surface area contributed by atoms with E-state index in [0.717, 1.165) is 16.5 Å². The number of rotatable bonds is 23. The third kappa shape index (κ3) is 14.6. The van der Waals surface area contributed by atoms with E-state index < -0.39 is 84.3 Å². The smallest absolute Gasteiger partial charge is 0.326 e. The molecule has 6 atom stereocenters. The van der Waals surface area contributed by atoms with Crippen molar-refractivity contribution in [1.82, 2.24) is 36.9 Å². The van der Waals surface area contributed by atoms with Crippen molar-refractivity contribution >= 4 is 64.1 Å². The lowest BCUT2D eigenvalue weighted by molar-refractivity contribution is -0.143. The van der Waals surface area contributed by atoms with Gasteiger partial charge in [0.05, 0.1) is 13.2 Å². The Morgan fingerprint density at radius 2 is 1.26 bits per heavy atom. The summed E-state index contributed by atoms with van der Waals surface area (Å²) in [6.45, 7) is 7.45. The minimum atomic E-state index is -1.53. The molecular formula is C36H56N8O9S. The van der Waals surface area contributed by atoms with Gasteiger partial charge in [0.2, 0.25) is 35.4 Å². The number of amides is 6. The fourth-order valence-electron chi connectivity index (χ4n) is 5.57. The van der Waals surface area contributed by atoms with Crippen molar-refractivity contribution in [3.05, 3.63) is 36.0 Å². The molecule has 17 nitrogen and oxygen atoms in total. The summed E-state index contributed by atoms with van der Waals surface area (Å²) in [6.07, 6.45) is 4.09. The molecule has 300 valence electrons. The van der Waals surface area contributed by atoms with Gasteiger partial charge in [-0.15, -0.1) is 0 Å². The number of hydrogen-bond donors (Lipinski definition) is 10. The van der Waals surface area contributed by atoms with Crippen LogP contribution in [-0.2, 0) is 40.0 Å². The summed E-state index contributed by atoms with van der Waals surface area (Å²) in [7, 11) is 0. The van der Waals surface area contributed by atoms with Crippen molar-refractivity contribution < 1.29 is 43.8 Å². The molecule has 0 saturated heterocycles. The number of aromatic nitrogens is 1. The van der Waals surface area contributed by atoms with Gasteiger partial charge in [-0.05, 0) is 61.7 Å². The Balaban J connectivity index is 2.14. The highest BCUT2D eigenvalue weighted by Gasteiger charge is 2.33. The third-order valence-electron chi connectivity index (χ3n) is 8.41. The van der Waals surface area contributed by atoms with Gasteiger partial charge < -0.3 is 52.8 Å². The molecule has 54 heavy (non-hydrogen) atoms. The second-order valence-corrected chi connectivity index (χ2v) is 14.9. The molecule has 1 aromatic heterocycles. The maximum atomic E-state index is 13.5. The Kier molecular flexibility index (Phi) is 19.0. The zero-order valence-electron chi connectivity index (χ0n) is 31.7. The van der Waals surface area contributed by atoms with Gasteiger partial charge in [0.1, 0.15) is 36.3 Å². The number of carboxylic acids is 1. The lowest BCUT2D eigenvalue weighted by atomic mass is 10.00. The van der Waals surface area contributed by atoms with Crippen LogP contribution < -0.4 is 37.6 Å². The van der Waals surface area contributed by atoms with Gasteiger partial charge in [-0.25, -0.2) is 4.79 Å². The van der Waals surface area contributed by atoms with Gasteiger partial charge in [0.25, 0.3) is 0 Å². The zero-order valence-corrected chi connectivity index (χ0v) is 32.5. The van der Waals surface area contributed by atoms with Crippen molar-refractivity contribution in [3.63, 3.8) is 0 Å². The number of aromatic amines is 1. The number of carbonyl (C=O) groups excluding carboxylic acids is 6. The highest BCUT2D eigenvalue weighted by Crippen LogP contribution is 2.19. The summed E-state index contributed by atoms with van der Waals surface area (Å²) in [5.41, 5.74) is 7.04. The van der Waals surface area contributed by atoms with Gasteiger partial charge in [-0.2, -0.15) is 11.8 Å². The topological polar surface area (TPSA) is 274 Å². The molecule has 0 aliphatic heterocycles. The number of para-hydroxylation sites is 1. The quantitative estimate of drug-likeness (QED) is 0.0689. The SMILES string of the molecule is CSCC[C@H](NC(=O)[C@H](CO)NC(=O)[C@H](C)NC(=O)[C@H](Cc1c[nH]c2ccccc12)NC(=O)CN)C(=O)N[C@@H](CC(C)C)C(=O)N[C@@H](CC(C)C)C(=O)O. The van der Waals surface area contributed by atoms with Crippen LogP contribution in [0.15, 0.2) is 30.5 Å². The van der Waals surface area contributed by atoms with Crippen molar-refractivity contribution in [2.75, 3.05) is 25.2 Å². The Bertz CT molecular complexity index is 1600. The first kappa shape index (κ1) is 45.5. The van der Waals surface area contributed by atoms with Crippen LogP contribution in [0.4, 0.5) is 0 Å². The summed E-state index contributed by atoms with van der Waals surface area (Å²) < 4.78 is 0. The number of thioether (sulfide) groups is 1. The standard InChI is InChI=1S/C36H56N8O9S/c1-19(2)13-26(34(50)43-28(36(52)53)14-20(3)4)42-32(48)25(11-12-54-6)41-35(51)29(18-45)44-31(47)21(5)39-33(49)27(40-30(46)16-37)15-22-17-38-24-10-8-7-9-23(22)24/h7-10,17,19-21,25-29,38,45H,11-16,18,37H2,1-6H3,(H,39,49)(H,40,46)(H,41,51)(H,42,48)(H,43,50)(H,44,47)(H,52,53)/t21-,25-,26-,27-,28-,29-/m0/s1. The summed E-state index contributed by atoms with van der Waals surface area (Å²) in [5.74, 6) is -5.26. The Morgan fingerprint density at radius 1 is 0.722 bits per heavy atom. The molecule has 0 bridgehead atoms. The highest BCUT2D eigenvalue weighted by molar-refractivity contribution is 7.98. The minimum Gasteiger partial charge on any atom is -0.480 e. The molecule has 11 N–H and O–H groups in total. The molecular weight excluding hydrogens is 721 g/mol. The number of aliphatic hydroxyl groups excluding tert-OH is 1. The average molecular weight is 777 g/mol. The van der Waals surface area contributed by atoms with E-state index in [0.29, 0.717) is 5.75 Å². The Hall–Kier alpha value is -4.68. The van der Waals surface area contributed by atoms with E-state index >= 15 is 0 Å². The molecule has 0 spiro atoms. The van der Waals surface area contributed by atoms with E-state index in [4.69, 9.17) is 5.73 Å². The first-order valence-electron chi connectivity index (χ1n) is 17.9. The molecule has 0 aliphatic carbocycles. The number of carbonyl (C=O) groups is 7. The summed E-state index contributed by atoms with van der Waals surface area (Å²) in [5, 5.41) is 35.7. The van der Waals surface area contributed by atoms with E-state index in [1.54, 1.807) is 12.5 Å². The van der Waals surface area contributed by atoms with E-state index in [2.05, 4.69) is 36.9 Å².